The van der Waals surface area contributed by atoms with E-state index in [2.05, 4.69) is 16.0 Å². The van der Waals surface area contributed by atoms with Crippen LogP contribution in [0.1, 0.15) is 36.4 Å². The van der Waals surface area contributed by atoms with Crippen molar-refractivity contribution < 1.29 is 9.52 Å². The quantitative estimate of drug-likeness (QED) is 0.493. The first-order valence-electron chi connectivity index (χ1n) is 10.7. The van der Waals surface area contributed by atoms with Crippen molar-refractivity contribution >= 4 is 11.0 Å². The molecule has 5 rings (SSSR count). The lowest BCUT2D eigenvalue weighted by Gasteiger charge is -2.36. The van der Waals surface area contributed by atoms with Crippen molar-refractivity contribution in [3.05, 3.63) is 94.6 Å². The SMILES string of the molecule is O=c1c(-c2ccccc2)coc2c(CN3CCCC[C@@H]3c3cccnc3)c(O)ccc12. The highest BCUT2D eigenvalue weighted by Gasteiger charge is 2.26. The van der Waals surface area contributed by atoms with Gasteiger partial charge < -0.3 is 9.52 Å². The number of rotatable bonds is 4. The molecule has 1 aliphatic rings. The van der Waals surface area contributed by atoms with E-state index in [0.717, 1.165) is 31.4 Å². The average Bonchev–Trinajstić information content (AvgIpc) is 2.82. The molecular weight excluding hydrogens is 388 g/mol. The van der Waals surface area contributed by atoms with E-state index >= 15 is 0 Å². The summed E-state index contributed by atoms with van der Waals surface area (Å²) < 4.78 is 5.97. The second-order valence-electron chi connectivity index (χ2n) is 8.05. The van der Waals surface area contributed by atoms with Crippen LogP contribution in [-0.2, 0) is 6.54 Å². The van der Waals surface area contributed by atoms with Gasteiger partial charge in [-0.2, -0.15) is 0 Å². The summed E-state index contributed by atoms with van der Waals surface area (Å²) in [5, 5.41) is 11.2. The monoisotopic (exact) mass is 412 g/mol. The van der Waals surface area contributed by atoms with Crippen LogP contribution in [0.3, 0.4) is 0 Å². The topological polar surface area (TPSA) is 66.6 Å². The molecule has 0 saturated carbocycles. The van der Waals surface area contributed by atoms with Gasteiger partial charge >= 0.3 is 0 Å². The molecule has 2 aromatic carbocycles. The summed E-state index contributed by atoms with van der Waals surface area (Å²) in [6.45, 7) is 1.43. The molecule has 1 fully saturated rings. The molecular formula is C26H24N2O3. The van der Waals surface area contributed by atoms with Gasteiger partial charge in [0.15, 0.2) is 0 Å². The molecule has 31 heavy (non-hydrogen) atoms. The molecule has 5 heteroatoms. The van der Waals surface area contributed by atoms with E-state index < -0.39 is 0 Å². The van der Waals surface area contributed by atoms with Gasteiger partial charge in [-0.15, -0.1) is 0 Å². The van der Waals surface area contributed by atoms with Crippen molar-refractivity contribution in [2.24, 2.45) is 0 Å². The fraction of sp³-hybridized carbons (Fsp3) is 0.231. The van der Waals surface area contributed by atoms with Crippen LogP contribution in [0.2, 0.25) is 0 Å². The van der Waals surface area contributed by atoms with Gasteiger partial charge in [0.2, 0.25) is 5.43 Å². The lowest BCUT2D eigenvalue weighted by atomic mass is 9.95. The number of hydrogen-bond donors (Lipinski definition) is 1. The minimum atomic E-state index is -0.0869. The van der Waals surface area contributed by atoms with Crippen molar-refractivity contribution in [2.75, 3.05) is 6.54 Å². The molecule has 0 amide bonds. The number of pyridine rings is 1. The number of nitrogens with zero attached hydrogens (tertiary/aromatic N) is 2. The van der Waals surface area contributed by atoms with Crippen molar-refractivity contribution in [1.29, 1.82) is 0 Å². The van der Waals surface area contributed by atoms with Crippen LogP contribution in [0.4, 0.5) is 0 Å². The van der Waals surface area contributed by atoms with Crippen LogP contribution in [-0.4, -0.2) is 21.5 Å². The largest absolute Gasteiger partial charge is 0.507 e. The van der Waals surface area contributed by atoms with E-state index in [1.807, 2.05) is 42.6 Å². The highest BCUT2D eigenvalue weighted by molar-refractivity contribution is 5.85. The minimum Gasteiger partial charge on any atom is -0.507 e. The zero-order valence-electron chi connectivity index (χ0n) is 17.2. The van der Waals surface area contributed by atoms with Crippen LogP contribution < -0.4 is 5.43 Å². The summed E-state index contributed by atoms with van der Waals surface area (Å²) in [6.07, 6.45) is 8.51. The molecule has 1 aliphatic heterocycles. The molecule has 1 atom stereocenters. The van der Waals surface area contributed by atoms with Crippen molar-refractivity contribution in [1.82, 2.24) is 9.88 Å². The highest BCUT2D eigenvalue weighted by Crippen LogP contribution is 2.35. The molecule has 0 spiro atoms. The van der Waals surface area contributed by atoms with Gasteiger partial charge in [0, 0.05) is 25.0 Å². The lowest BCUT2D eigenvalue weighted by molar-refractivity contribution is 0.139. The van der Waals surface area contributed by atoms with Crippen molar-refractivity contribution in [2.45, 2.75) is 31.8 Å². The maximum atomic E-state index is 13.2. The highest BCUT2D eigenvalue weighted by atomic mass is 16.3. The molecule has 2 aromatic heterocycles. The Bertz CT molecular complexity index is 1250. The van der Waals surface area contributed by atoms with Crippen molar-refractivity contribution in [3.8, 4) is 16.9 Å². The fourth-order valence-electron chi connectivity index (χ4n) is 4.55. The third-order valence-electron chi connectivity index (χ3n) is 6.15. The minimum absolute atomic E-state index is 0.0869. The first-order valence-corrected chi connectivity index (χ1v) is 10.7. The molecule has 5 nitrogen and oxygen atoms in total. The molecule has 1 N–H and O–H groups in total. The van der Waals surface area contributed by atoms with Crippen LogP contribution in [0, 0.1) is 0 Å². The molecule has 3 heterocycles. The van der Waals surface area contributed by atoms with E-state index in [1.54, 1.807) is 18.3 Å². The maximum Gasteiger partial charge on any atom is 0.200 e. The zero-order valence-corrected chi connectivity index (χ0v) is 17.2. The van der Waals surface area contributed by atoms with Crippen LogP contribution in [0.5, 0.6) is 5.75 Å². The Labute approximate surface area is 180 Å². The number of hydrogen-bond acceptors (Lipinski definition) is 5. The summed E-state index contributed by atoms with van der Waals surface area (Å²) in [5.41, 5.74) is 3.55. The summed E-state index contributed by atoms with van der Waals surface area (Å²) in [4.78, 5) is 19.8. The van der Waals surface area contributed by atoms with E-state index in [1.165, 1.54) is 11.8 Å². The Kier molecular flexibility index (Phi) is 5.26. The van der Waals surface area contributed by atoms with Gasteiger partial charge in [-0.1, -0.05) is 42.8 Å². The molecule has 4 aromatic rings. The zero-order chi connectivity index (χ0) is 21.2. The number of likely N-dealkylation sites (tertiary alicyclic amines) is 1. The Morgan fingerprint density at radius 2 is 1.94 bits per heavy atom. The average molecular weight is 412 g/mol. The van der Waals surface area contributed by atoms with Crippen LogP contribution in [0.15, 0.2) is 82.5 Å². The third kappa shape index (κ3) is 3.73. The Morgan fingerprint density at radius 1 is 1.06 bits per heavy atom. The first kappa shape index (κ1) is 19.5. The van der Waals surface area contributed by atoms with Crippen molar-refractivity contribution in [3.63, 3.8) is 0 Å². The summed E-state index contributed by atoms with van der Waals surface area (Å²) >= 11 is 0. The standard InChI is InChI=1S/C26H24N2O3/c29-24-12-11-20-25(30)22(18-7-2-1-3-8-18)17-31-26(20)21(24)16-28-14-5-4-10-23(28)19-9-6-13-27-15-19/h1-3,6-9,11-13,15,17,23,29H,4-5,10,14,16H2/t23-/m1/s1. The van der Waals surface area contributed by atoms with E-state index in [-0.39, 0.29) is 17.2 Å². The second-order valence-corrected chi connectivity index (χ2v) is 8.05. The third-order valence-corrected chi connectivity index (χ3v) is 6.15. The summed E-state index contributed by atoms with van der Waals surface area (Å²) in [6, 6.07) is 17.1. The normalized spacial score (nSPS) is 17.1. The Morgan fingerprint density at radius 3 is 2.74 bits per heavy atom. The van der Waals surface area contributed by atoms with Gasteiger partial charge in [-0.3, -0.25) is 14.7 Å². The fourth-order valence-corrected chi connectivity index (χ4v) is 4.55. The summed E-state index contributed by atoms with van der Waals surface area (Å²) in [5.74, 6) is 0.152. The number of aromatic nitrogens is 1. The molecule has 0 aliphatic carbocycles. The smallest absolute Gasteiger partial charge is 0.200 e. The predicted molar refractivity (Wildman–Crippen MR) is 121 cm³/mol. The molecule has 0 bridgehead atoms. The number of aromatic hydroxyl groups is 1. The van der Waals surface area contributed by atoms with Gasteiger partial charge in [-0.05, 0) is 48.7 Å². The van der Waals surface area contributed by atoms with Crippen LogP contribution >= 0.6 is 0 Å². The number of phenols is 1. The second kappa shape index (κ2) is 8.36. The maximum absolute atomic E-state index is 13.2. The summed E-state index contributed by atoms with van der Waals surface area (Å²) in [7, 11) is 0. The number of phenolic OH excluding ortho intramolecular Hbond substituents is 1. The molecule has 1 saturated heterocycles. The van der Waals surface area contributed by atoms with E-state index in [9.17, 15) is 9.90 Å². The first-order chi connectivity index (χ1) is 15.2. The van der Waals surface area contributed by atoms with Gasteiger partial charge in [-0.25, -0.2) is 0 Å². The predicted octanol–water partition coefficient (Wildman–Crippen LogP) is 5.29. The van der Waals surface area contributed by atoms with E-state index in [0.29, 0.717) is 28.6 Å². The molecule has 0 unspecified atom stereocenters. The number of benzene rings is 2. The lowest BCUT2D eigenvalue weighted by Crippen LogP contribution is -2.33. The van der Waals surface area contributed by atoms with Crippen LogP contribution in [0.25, 0.3) is 22.1 Å². The van der Waals surface area contributed by atoms with Gasteiger partial charge in [0.1, 0.15) is 17.6 Å². The van der Waals surface area contributed by atoms with Gasteiger partial charge in [0.05, 0.1) is 16.5 Å². The molecule has 156 valence electrons. The Hall–Kier alpha value is -3.44. The number of piperidine rings is 1. The van der Waals surface area contributed by atoms with Gasteiger partial charge in [0.25, 0.3) is 0 Å². The molecule has 0 radical (unpaired) electrons. The van der Waals surface area contributed by atoms with E-state index in [4.69, 9.17) is 4.42 Å². The Balaban J connectivity index is 1.56. The number of fused-ring (bicyclic) bond motifs is 1.